The number of carbonyl (C=O) groups excluding carboxylic acids is 1. The molecule has 2 heterocycles. The molecule has 0 radical (unpaired) electrons. The first-order chi connectivity index (χ1) is 13.8. The van der Waals surface area contributed by atoms with E-state index in [0.717, 1.165) is 37.3 Å². The van der Waals surface area contributed by atoms with Gasteiger partial charge in [0, 0.05) is 18.4 Å². The third-order valence-electron chi connectivity index (χ3n) is 4.74. The molecule has 2 aromatic rings. The van der Waals surface area contributed by atoms with Crippen LogP contribution >= 0.6 is 0 Å². The molecule has 0 saturated heterocycles. The minimum Gasteiger partial charge on any atom is -0.444 e. The van der Waals surface area contributed by atoms with Gasteiger partial charge in [-0.3, -0.25) is 4.90 Å². The van der Waals surface area contributed by atoms with E-state index in [9.17, 15) is 4.79 Å². The summed E-state index contributed by atoms with van der Waals surface area (Å²) < 4.78 is 5.53. The van der Waals surface area contributed by atoms with Gasteiger partial charge in [-0.05, 0) is 56.9 Å². The third-order valence-corrected chi connectivity index (χ3v) is 4.74. The minimum absolute atomic E-state index is 0.219. The summed E-state index contributed by atoms with van der Waals surface area (Å²) in [5.41, 5.74) is 5.69. The monoisotopic (exact) mass is 404 g/mol. The SMILES string of the molecule is CC(C)(C)OC(=O)N(CCn1nnc(C2CC2)n1)C(N)Cn1nnc(C2CC2)n1. The number of hydrogen-bond donors (Lipinski definition) is 1. The number of aromatic nitrogens is 8. The van der Waals surface area contributed by atoms with E-state index in [4.69, 9.17) is 10.5 Å². The molecule has 12 nitrogen and oxygen atoms in total. The Labute approximate surface area is 168 Å². The molecule has 0 aliphatic heterocycles. The third kappa shape index (κ3) is 5.25. The van der Waals surface area contributed by atoms with Gasteiger partial charge in [-0.2, -0.15) is 9.59 Å². The van der Waals surface area contributed by atoms with Gasteiger partial charge in [-0.25, -0.2) is 4.79 Å². The first-order valence-corrected chi connectivity index (χ1v) is 10.1. The van der Waals surface area contributed by atoms with Crippen molar-refractivity contribution >= 4 is 6.09 Å². The van der Waals surface area contributed by atoms with Crippen LogP contribution in [-0.2, 0) is 17.8 Å². The molecule has 2 N–H and O–H groups in total. The average Bonchev–Trinajstić information content (AvgIpc) is 3.56. The Morgan fingerprint density at radius 2 is 1.66 bits per heavy atom. The molecule has 1 unspecified atom stereocenters. The summed E-state index contributed by atoms with van der Waals surface area (Å²) in [5.74, 6) is 2.32. The van der Waals surface area contributed by atoms with Crippen molar-refractivity contribution in [3.63, 3.8) is 0 Å². The lowest BCUT2D eigenvalue weighted by molar-refractivity contribution is 0.0128. The summed E-state index contributed by atoms with van der Waals surface area (Å²) in [6.45, 7) is 6.31. The number of ether oxygens (including phenoxy) is 1. The highest BCUT2D eigenvalue weighted by Gasteiger charge is 2.31. The van der Waals surface area contributed by atoms with E-state index in [1.165, 1.54) is 14.5 Å². The van der Waals surface area contributed by atoms with Gasteiger partial charge in [0.2, 0.25) is 0 Å². The van der Waals surface area contributed by atoms with E-state index < -0.39 is 17.9 Å². The second-order valence-electron chi connectivity index (χ2n) is 8.74. The molecule has 2 saturated carbocycles. The van der Waals surface area contributed by atoms with Crippen LogP contribution in [0.5, 0.6) is 0 Å². The summed E-state index contributed by atoms with van der Waals surface area (Å²) >= 11 is 0. The topological polar surface area (TPSA) is 143 Å². The highest BCUT2D eigenvalue weighted by Crippen LogP contribution is 2.38. The molecule has 1 amide bonds. The summed E-state index contributed by atoms with van der Waals surface area (Å²) in [4.78, 5) is 17.1. The van der Waals surface area contributed by atoms with Gasteiger partial charge in [0.1, 0.15) is 11.8 Å². The van der Waals surface area contributed by atoms with Crippen molar-refractivity contribution in [2.24, 2.45) is 5.73 Å². The zero-order valence-electron chi connectivity index (χ0n) is 17.1. The van der Waals surface area contributed by atoms with Crippen LogP contribution in [0.1, 0.15) is 69.9 Å². The van der Waals surface area contributed by atoms with Crippen molar-refractivity contribution in [1.82, 2.24) is 45.3 Å². The molecule has 0 spiro atoms. The standard InChI is InChI=1S/C17H28N10O2/c1-17(2,3)29-16(28)25(8-9-26-21-14(19-23-26)11-4-5-11)13(18)10-27-22-15(20-24-27)12-6-7-12/h11-13H,4-10,18H2,1-3H3. The maximum absolute atomic E-state index is 12.8. The van der Waals surface area contributed by atoms with Crippen LogP contribution in [0.15, 0.2) is 0 Å². The summed E-state index contributed by atoms with van der Waals surface area (Å²) in [7, 11) is 0. The first kappa shape index (κ1) is 19.7. The Hall–Kier alpha value is -2.63. The Balaban J connectivity index is 1.41. The van der Waals surface area contributed by atoms with Crippen molar-refractivity contribution in [3.8, 4) is 0 Å². The zero-order valence-corrected chi connectivity index (χ0v) is 17.1. The summed E-state index contributed by atoms with van der Waals surface area (Å²) in [5, 5.41) is 25.0. The molecule has 4 rings (SSSR count). The Morgan fingerprint density at radius 3 is 2.21 bits per heavy atom. The van der Waals surface area contributed by atoms with Crippen LogP contribution in [0.4, 0.5) is 4.79 Å². The molecule has 2 aliphatic carbocycles. The van der Waals surface area contributed by atoms with Gasteiger partial charge in [0.15, 0.2) is 11.6 Å². The lowest BCUT2D eigenvalue weighted by Gasteiger charge is -2.31. The number of amides is 1. The Kier molecular flexibility index (Phi) is 5.19. The second kappa shape index (κ2) is 7.65. The van der Waals surface area contributed by atoms with Crippen molar-refractivity contribution in [3.05, 3.63) is 11.6 Å². The van der Waals surface area contributed by atoms with Crippen LogP contribution in [0.25, 0.3) is 0 Å². The van der Waals surface area contributed by atoms with Crippen molar-refractivity contribution < 1.29 is 9.53 Å². The number of rotatable bonds is 8. The quantitative estimate of drug-likeness (QED) is 0.627. The molecular weight excluding hydrogens is 376 g/mol. The number of nitrogens with two attached hydrogens (primary N) is 1. The predicted octanol–water partition coefficient (Wildman–Crippen LogP) is 0.637. The van der Waals surface area contributed by atoms with E-state index >= 15 is 0 Å². The second-order valence-corrected chi connectivity index (χ2v) is 8.74. The smallest absolute Gasteiger partial charge is 0.411 e. The molecule has 0 aromatic carbocycles. The number of tetrazole rings is 2. The molecule has 0 bridgehead atoms. The van der Waals surface area contributed by atoms with Crippen molar-refractivity contribution in [1.29, 1.82) is 0 Å². The maximum Gasteiger partial charge on any atom is 0.411 e. The fourth-order valence-electron chi connectivity index (χ4n) is 2.87. The largest absolute Gasteiger partial charge is 0.444 e. The molecule has 2 aromatic heterocycles. The summed E-state index contributed by atoms with van der Waals surface area (Å²) in [6, 6.07) is 0. The van der Waals surface area contributed by atoms with Crippen LogP contribution in [0, 0.1) is 0 Å². The van der Waals surface area contributed by atoms with Crippen molar-refractivity contribution in [2.45, 2.75) is 83.1 Å². The number of nitrogens with zero attached hydrogens (tertiary/aromatic N) is 9. The fourth-order valence-corrected chi connectivity index (χ4v) is 2.87. The van der Waals surface area contributed by atoms with Gasteiger partial charge >= 0.3 is 6.09 Å². The van der Waals surface area contributed by atoms with Gasteiger partial charge in [0.25, 0.3) is 0 Å². The molecule has 158 valence electrons. The van der Waals surface area contributed by atoms with Crippen LogP contribution in [0.3, 0.4) is 0 Å². The minimum atomic E-state index is -0.683. The van der Waals surface area contributed by atoms with E-state index in [2.05, 4.69) is 30.8 Å². The van der Waals surface area contributed by atoms with Gasteiger partial charge < -0.3 is 10.5 Å². The van der Waals surface area contributed by atoms with Gasteiger partial charge in [0.05, 0.1) is 13.1 Å². The van der Waals surface area contributed by atoms with Gasteiger partial charge in [-0.1, -0.05) is 0 Å². The molecule has 29 heavy (non-hydrogen) atoms. The lowest BCUT2D eigenvalue weighted by atomic mass is 10.2. The zero-order chi connectivity index (χ0) is 20.6. The Morgan fingerprint density at radius 1 is 1.10 bits per heavy atom. The maximum atomic E-state index is 12.8. The molecular formula is C17H28N10O2. The van der Waals surface area contributed by atoms with Crippen LogP contribution < -0.4 is 5.73 Å². The highest BCUT2D eigenvalue weighted by atomic mass is 16.6. The van der Waals surface area contributed by atoms with E-state index in [0.29, 0.717) is 18.4 Å². The van der Waals surface area contributed by atoms with Crippen LogP contribution in [0.2, 0.25) is 0 Å². The molecule has 1 atom stereocenters. The van der Waals surface area contributed by atoms with Crippen molar-refractivity contribution in [2.75, 3.05) is 6.54 Å². The Bertz CT molecular complexity index is 849. The average molecular weight is 404 g/mol. The number of hydrogen-bond acceptors (Lipinski definition) is 9. The normalized spacial score (nSPS) is 17.9. The van der Waals surface area contributed by atoms with E-state index in [-0.39, 0.29) is 13.1 Å². The molecule has 2 fully saturated rings. The highest BCUT2D eigenvalue weighted by molar-refractivity contribution is 5.68. The summed E-state index contributed by atoms with van der Waals surface area (Å²) in [6.07, 6.45) is 3.21. The van der Waals surface area contributed by atoms with Gasteiger partial charge in [-0.15, -0.1) is 20.4 Å². The molecule has 12 heteroatoms. The fraction of sp³-hybridized carbons (Fsp3) is 0.824. The number of carbonyl (C=O) groups is 1. The van der Waals surface area contributed by atoms with Crippen LogP contribution in [-0.4, -0.2) is 69.7 Å². The first-order valence-electron chi connectivity index (χ1n) is 10.1. The van der Waals surface area contributed by atoms with E-state index in [1.54, 1.807) is 0 Å². The lowest BCUT2D eigenvalue weighted by Crippen LogP contribution is -2.51. The predicted molar refractivity (Wildman–Crippen MR) is 100 cm³/mol. The van der Waals surface area contributed by atoms with E-state index in [1.807, 2.05) is 20.8 Å². The molecule has 2 aliphatic rings.